The normalized spacial score (nSPS) is 23.8. The summed E-state index contributed by atoms with van der Waals surface area (Å²) in [5.74, 6) is 1.65. The largest absolute Gasteiger partial charge is 0.497 e. The Hall–Kier alpha value is -1.55. The van der Waals surface area contributed by atoms with Gasteiger partial charge in [0.25, 0.3) is 0 Å². The Morgan fingerprint density at radius 3 is 2.58 bits per heavy atom. The fraction of sp³-hybridized carbons (Fsp3) is 0.650. The Balaban J connectivity index is 1.68. The lowest BCUT2D eigenvalue weighted by atomic mass is 9.78. The number of ether oxygens (including phenoxy) is 1. The molecular formula is C20H30N2O2. The molecule has 1 aromatic carbocycles. The van der Waals surface area contributed by atoms with Crippen molar-refractivity contribution >= 4 is 5.91 Å². The average molecular weight is 330 g/mol. The van der Waals surface area contributed by atoms with Crippen molar-refractivity contribution in [3.63, 3.8) is 0 Å². The summed E-state index contributed by atoms with van der Waals surface area (Å²) in [6.45, 7) is 3.08. The van der Waals surface area contributed by atoms with Crippen LogP contribution in [0.5, 0.6) is 5.75 Å². The SMILES string of the molecule is COc1ccc(C2(C(=O)NC[C@@H]3CCCN(C)C3)CCCC2)cc1. The van der Waals surface area contributed by atoms with E-state index in [9.17, 15) is 4.79 Å². The van der Waals surface area contributed by atoms with Gasteiger partial charge in [0.05, 0.1) is 12.5 Å². The fourth-order valence-electron chi connectivity index (χ4n) is 4.38. The summed E-state index contributed by atoms with van der Waals surface area (Å²) < 4.78 is 5.26. The summed E-state index contributed by atoms with van der Waals surface area (Å²) in [6.07, 6.45) is 6.63. The molecule has 1 aromatic rings. The lowest BCUT2D eigenvalue weighted by Crippen LogP contribution is -2.46. The first kappa shape index (κ1) is 17.3. The molecule has 3 rings (SSSR count). The highest BCUT2D eigenvalue weighted by Crippen LogP contribution is 2.41. The van der Waals surface area contributed by atoms with Crippen LogP contribution >= 0.6 is 0 Å². The van der Waals surface area contributed by atoms with Crippen LogP contribution in [0.1, 0.15) is 44.1 Å². The summed E-state index contributed by atoms with van der Waals surface area (Å²) in [4.78, 5) is 15.5. The Morgan fingerprint density at radius 2 is 1.96 bits per heavy atom. The van der Waals surface area contributed by atoms with Gasteiger partial charge in [0.15, 0.2) is 0 Å². The molecule has 0 spiro atoms. The molecule has 1 saturated carbocycles. The first-order chi connectivity index (χ1) is 11.6. The lowest BCUT2D eigenvalue weighted by molar-refractivity contribution is -0.126. The number of nitrogens with one attached hydrogen (secondary N) is 1. The summed E-state index contributed by atoms with van der Waals surface area (Å²) in [7, 11) is 3.85. The predicted molar refractivity (Wildman–Crippen MR) is 96.4 cm³/mol. The van der Waals surface area contributed by atoms with Crippen LogP contribution in [0.15, 0.2) is 24.3 Å². The minimum Gasteiger partial charge on any atom is -0.497 e. The number of rotatable bonds is 5. The molecule has 0 bridgehead atoms. The van der Waals surface area contributed by atoms with Crippen molar-refractivity contribution in [1.82, 2.24) is 10.2 Å². The maximum absolute atomic E-state index is 13.1. The van der Waals surface area contributed by atoms with E-state index in [1.807, 2.05) is 12.1 Å². The third-order valence-corrected chi connectivity index (χ3v) is 5.81. The molecule has 1 N–H and O–H groups in total. The van der Waals surface area contributed by atoms with Crippen molar-refractivity contribution in [2.75, 3.05) is 33.8 Å². The summed E-state index contributed by atoms with van der Waals surface area (Å²) in [5, 5.41) is 3.29. The van der Waals surface area contributed by atoms with Gasteiger partial charge in [-0.2, -0.15) is 0 Å². The topological polar surface area (TPSA) is 41.6 Å². The molecule has 1 saturated heterocycles. The van der Waals surface area contributed by atoms with E-state index in [4.69, 9.17) is 4.74 Å². The number of methoxy groups -OCH3 is 1. The molecule has 1 amide bonds. The number of nitrogens with zero attached hydrogens (tertiary/aromatic N) is 1. The number of hydrogen-bond donors (Lipinski definition) is 1. The predicted octanol–water partition coefficient (Wildman–Crippen LogP) is 2.97. The molecule has 1 atom stereocenters. The van der Waals surface area contributed by atoms with Crippen molar-refractivity contribution in [2.45, 2.75) is 43.9 Å². The maximum Gasteiger partial charge on any atom is 0.230 e. The van der Waals surface area contributed by atoms with Crippen LogP contribution < -0.4 is 10.1 Å². The summed E-state index contributed by atoms with van der Waals surface area (Å²) in [6, 6.07) is 8.08. The van der Waals surface area contributed by atoms with Crippen LogP contribution in [-0.4, -0.2) is 44.6 Å². The van der Waals surface area contributed by atoms with Gasteiger partial charge in [-0.1, -0.05) is 25.0 Å². The molecule has 1 aliphatic carbocycles. The molecule has 2 aliphatic rings. The highest BCUT2D eigenvalue weighted by molar-refractivity contribution is 5.88. The second-order valence-corrected chi connectivity index (χ2v) is 7.50. The highest BCUT2D eigenvalue weighted by atomic mass is 16.5. The van der Waals surface area contributed by atoms with Crippen LogP contribution in [0.2, 0.25) is 0 Å². The van der Waals surface area contributed by atoms with Crippen LogP contribution in [0.4, 0.5) is 0 Å². The van der Waals surface area contributed by atoms with Gasteiger partial charge < -0.3 is 15.0 Å². The Labute approximate surface area is 145 Å². The Bertz CT molecular complexity index is 549. The van der Waals surface area contributed by atoms with E-state index >= 15 is 0 Å². The number of likely N-dealkylation sites (tertiary alicyclic amines) is 1. The van der Waals surface area contributed by atoms with Crippen molar-refractivity contribution < 1.29 is 9.53 Å². The van der Waals surface area contributed by atoms with Gasteiger partial charge in [0.1, 0.15) is 5.75 Å². The number of carbonyl (C=O) groups excluding carboxylic acids is 1. The minimum atomic E-state index is -0.340. The van der Waals surface area contributed by atoms with E-state index in [-0.39, 0.29) is 11.3 Å². The van der Waals surface area contributed by atoms with Crippen LogP contribution in [0, 0.1) is 5.92 Å². The number of carbonyl (C=O) groups is 1. The molecule has 1 heterocycles. The third kappa shape index (κ3) is 3.59. The number of piperidine rings is 1. The maximum atomic E-state index is 13.1. The number of hydrogen-bond acceptors (Lipinski definition) is 3. The zero-order valence-electron chi connectivity index (χ0n) is 15.0. The monoisotopic (exact) mass is 330 g/mol. The highest BCUT2D eigenvalue weighted by Gasteiger charge is 2.42. The zero-order chi connectivity index (χ0) is 17.0. The zero-order valence-corrected chi connectivity index (χ0v) is 15.0. The fourth-order valence-corrected chi connectivity index (χ4v) is 4.38. The second kappa shape index (κ2) is 7.56. The van der Waals surface area contributed by atoms with Crippen molar-refractivity contribution in [1.29, 1.82) is 0 Å². The van der Waals surface area contributed by atoms with Gasteiger partial charge >= 0.3 is 0 Å². The molecule has 1 aliphatic heterocycles. The molecule has 0 radical (unpaired) electrons. The molecular weight excluding hydrogens is 300 g/mol. The van der Waals surface area contributed by atoms with Crippen LogP contribution in [0.3, 0.4) is 0 Å². The van der Waals surface area contributed by atoms with E-state index in [0.717, 1.165) is 50.1 Å². The van der Waals surface area contributed by atoms with Gasteiger partial charge in [0.2, 0.25) is 5.91 Å². The molecule has 4 heteroatoms. The van der Waals surface area contributed by atoms with Crippen LogP contribution in [-0.2, 0) is 10.2 Å². The van der Waals surface area contributed by atoms with Gasteiger partial charge in [0, 0.05) is 13.1 Å². The molecule has 4 nitrogen and oxygen atoms in total. The lowest BCUT2D eigenvalue weighted by Gasteiger charge is -2.32. The van der Waals surface area contributed by atoms with E-state index < -0.39 is 0 Å². The quantitative estimate of drug-likeness (QED) is 0.902. The molecule has 0 unspecified atom stereocenters. The first-order valence-corrected chi connectivity index (χ1v) is 9.25. The number of amides is 1. The van der Waals surface area contributed by atoms with E-state index in [1.165, 1.54) is 19.4 Å². The van der Waals surface area contributed by atoms with E-state index in [0.29, 0.717) is 5.92 Å². The molecule has 132 valence electrons. The van der Waals surface area contributed by atoms with E-state index in [2.05, 4.69) is 29.4 Å². The Morgan fingerprint density at radius 1 is 1.25 bits per heavy atom. The van der Waals surface area contributed by atoms with Crippen LogP contribution in [0.25, 0.3) is 0 Å². The average Bonchev–Trinajstić information content (AvgIpc) is 3.11. The van der Waals surface area contributed by atoms with E-state index in [1.54, 1.807) is 7.11 Å². The van der Waals surface area contributed by atoms with Gasteiger partial charge in [-0.3, -0.25) is 4.79 Å². The summed E-state index contributed by atoms with van der Waals surface area (Å²) >= 11 is 0. The van der Waals surface area contributed by atoms with Gasteiger partial charge in [-0.05, 0) is 62.9 Å². The molecule has 24 heavy (non-hydrogen) atoms. The second-order valence-electron chi connectivity index (χ2n) is 7.50. The van der Waals surface area contributed by atoms with Gasteiger partial charge in [-0.15, -0.1) is 0 Å². The summed E-state index contributed by atoms with van der Waals surface area (Å²) in [5.41, 5.74) is 0.798. The van der Waals surface area contributed by atoms with Crippen molar-refractivity contribution in [3.05, 3.63) is 29.8 Å². The van der Waals surface area contributed by atoms with Crippen molar-refractivity contribution in [2.24, 2.45) is 5.92 Å². The first-order valence-electron chi connectivity index (χ1n) is 9.25. The van der Waals surface area contributed by atoms with Gasteiger partial charge in [-0.25, -0.2) is 0 Å². The van der Waals surface area contributed by atoms with Crippen molar-refractivity contribution in [3.8, 4) is 5.75 Å². The Kier molecular flexibility index (Phi) is 5.44. The smallest absolute Gasteiger partial charge is 0.230 e. The third-order valence-electron chi connectivity index (χ3n) is 5.81. The minimum absolute atomic E-state index is 0.221. The molecule has 0 aromatic heterocycles. The molecule has 2 fully saturated rings. The number of benzene rings is 1. The standard InChI is InChI=1S/C20H30N2O2/c1-22-13-5-6-16(15-22)14-21-19(23)20(11-3-4-12-20)17-7-9-18(24-2)10-8-17/h7-10,16H,3-6,11-15H2,1-2H3,(H,21,23)/t16-/m0/s1.